The molecule has 1 aliphatic rings. The fourth-order valence-electron chi connectivity index (χ4n) is 4.73. The largest absolute Gasteiger partial charge is 0.505 e. The van der Waals surface area contributed by atoms with Crippen molar-refractivity contribution < 1.29 is 9.90 Å². The highest BCUT2D eigenvalue weighted by atomic mass is 16.3. The maximum Gasteiger partial charge on any atom is 0.258 e. The fraction of sp³-hybridized carbons (Fsp3) is 0.333. The van der Waals surface area contributed by atoms with E-state index in [0.29, 0.717) is 45.4 Å². The van der Waals surface area contributed by atoms with Gasteiger partial charge in [-0.15, -0.1) is 0 Å². The van der Waals surface area contributed by atoms with Gasteiger partial charge in [-0.3, -0.25) is 19.4 Å². The Bertz CT molecular complexity index is 1370. The van der Waals surface area contributed by atoms with Gasteiger partial charge in [0.1, 0.15) is 16.8 Å². The SMILES string of the molecule is Cc1c(O)c(NC(=O)c2ccc(N3CC(C)NC(C)C3)c3nccnc23)cc2cn(C)nc12. The van der Waals surface area contributed by atoms with Crippen LogP contribution >= 0.6 is 0 Å². The minimum atomic E-state index is -0.355. The Morgan fingerprint density at radius 3 is 2.55 bits per heavy atom. The summed E-state index contributed by atoms with van der Waals surface area (Å²) in [6.45, 7) is 7.79. The lowest BCUT2D eigenvalue weighted by molar-refractivity contribution is 0.102. The van der Waals surface area contributed by atoms with E-state index in [9.17, 15) is 9.90 Å². The molecular formula is C24H27N7O2. The first-order chi connectivity index (χ1) is 15.8. The number of anilines is 2. The van der Waals surface area contributed by atoms with Crippen molar-refractivity contribution in [2.24, 2.45) is 7.05 Å². The molecule has 2 unspecified atom stereocenters. The summed E-state index contributed by atoms with van der Waals surface area (Å²) in [5.41, 5.74) is 4.24. The van der Waals surface area contributed by atoms with E-state index in [2.05, 4.69) is 44.4 Å². The molecule has 0 bridgehead atoms. The van der Waals surface area contributed by atoms with Crippen molar-refractivity contribution in [3.05, 3.63) is 47.9 Å². The monoisotopic (exact) mass is 445 g/mol. The number of rotatable bonds is 3. The van der Waals surface area contributed by atoms with E-state index in [4.69, 9.17) is 0 Å². The predicted molar refractivity (Wildman–Crippen MR) is 129 cm³/mol. The molecule has 1 amide bonds. The van der Waals surface area contributed by atoms with Gasteiger partial charge in [0.25, 0.3) is 5.91 Å². The Morgan fingerprint density at radius 2 is 1.82 bits per heavy atom. The molecule has 4 aromatic rings. The molecule has 0 saturated carbocycles. The van der Waals surface area contributed by atoms with Crippen molar-refractivity contribution in [3.63, 3.8) is 0 Å². The van der Waals surface area contributed by atoms with Crippen LogP contribution in [0.25, 0.3) is 21.9 Å². The van der Waals surface area contributed by atoms with E-state index in [1.807, 2.05) is 19.3 Å². The third kappa shape index (κ3) is 3.74. The number of amides is 1. The van der Waals surface area contributed by atoms with Gasteiger partial charge in [0.05, 0.1) is 22.5 Å². The van der Waals surface area contributed by atoms with Crippen LogP contribution < -0.4 is 15.5 Å². The van der Waals surface area contributed by atoms with Gasteiger partial charge in [0, 0.05) is 61.8 Å². The average Bonchev–Trinajstić information content (AvgIpc) is 3.16. The third-order valence-corrected chi connectivity index (χ3v) is 6.12. The minimum Gasteiger partial charge on any atom is -0.505 e. The van der Waals surface area contributed by atoms with E-state index in [0.717, 1.165) is 24.2 Å². The molecule has 1 fully saturated rings. The molecule has 2 aromatic heterocycles. The molecule has 3 N–H and O–H groups in total. The van der Waals surface area contributed by atoms with Crippen LogP contribution in [0.2, 0.25) is 0 Å². The molecule has 2 atom stereocenters. The van der Waals surface area contributed by atoms with Gasteiger partial charge in [-0.05, 0) is 39.0 Å². The molecule has 33 heavy (non-hydrogen) atoms. The summed E-state index contributed by atoms with van der Waals surface area (Å²) < 4.78 is 1.68. The highest BCUT2D eigenvalue weighted by molar-refractivity contribution is 6.14. The number of nitrogens with one attached hydrogen (secondary N) is 2. The second-order valence-corrected chi connectivity index (χ2v) is 8.85. The molecule has 3 heterocycles. The van der Waals surface area contributed by atoms with Crippen LogP contribution in [0.5, 0.6) is 5.75 Å². The van der Waals surface area contributed by atoms with E-state index in [1.165, 1.54) is 0 Å². The maximum atomic E-state index is 13.3. The van der Waals surface area contributed by atoms with E-state index < -0.39 is 0 Å². The summed E-state index contributed by atoms with van der Waals surface area (Å²) in [6.07, 6.45) is 5.09. The Kier molecular flexibility index (Phi) is 5.13. The summed E-state index contributed by atoms with van der Waals surface area (Å²) in [4.78, 5) is 24.6. The second kappa shape index (κ2) is 8.00. The van der Waals surface area contributed by atoms with Gasteiger partial charge < -0.3 is 20.6 Å². The van der Waals surface area contributed by atoms with Gasteiger partial charge in [0.2, 0.25) is 0 Å². The fourth-order valence-corrected chi connectivity index (χ4v) is 4.73. The number of benzene rings is 2. The van der Waals surface area contributed by atoms with Gasteiger partial charge in [-0.1, -0.05) is 0 Å². The number of hydrogen-bond donors (Lipinski definition) is 3. The molecule has 5 rings (SSSR count). The van der Waals surface area contributed by atoms with Gasteiger partial charge >= 0.3 is 0 Å². The maximum absolute atomic E-state index is 13.3. The number of carbonyl (C=O) groups is 1. The summed E-state index contributed by atoms with van der Waals surface area (Å²) in [5.74, 6) is -0.350. The van der Waals surface area contributed by atoms with Crippen molar-refractivity contribution >= 4 is 39.2 Å². The summed E-state index contributed by atoms with van der Waals surface area (Å²) in [5, 5.41) is 22.3. The lowest BCUT2D eigenvalue weighted by Gasteiger charge is -2.38. The molecule has 9 nitrogen and oxygen atoms in total. The number of aromatic nitrogens is 4. The van der Waals surface area contributed by atoms with Gasteiger partial charge in [0.15, 0.2) is 0 Å². The van der Waals surface area contributed by atoms with Crippen LogP contribution in [0.1, 0.15) is 29.8 Å². The molecular weight excluding hydrogens is 418 g/mol. The lowest BCUT2D eigenvalue weighted by atomic mass is 10.1. The topological polar surface area (TPSA) is 108 Å². The summed E-state index contributed by atoms with van der Waals surface area (Å²) >= 11 is 0. The van der Waals surface area contributed by atoms with Crippen LogP contribution in [-0.4, -0.2) is 55.9 Å². The van der Waals surface area contributed by atoms with E-state index >= 15 is 0 Å². The van der Waals surface area contributed by atoms with Crippen molar-refractivity contribution in [2.75, 3.05) is 23.3 Å². The highest BCUT2D eigenvalue weighted by Gasteiger charge is 2.25. The Balaban J connectivity index is 1.53. The van der Waals surface area contributed by atoms with Crippen molar-refractivity contribution in [3.8, 4) is 5.75 Å². The van der Waals surface area contributed by atoms with Crippen LogP contribution in [0.4, 0.5) is 11.4 Å². The average molecular weight is 446 g/mol. The van der Waals surface area contributed by atoms with E-state index in [-0.39, 0.29) is 11.7 Å². The van der Waals surface area contributed by atoms with Crippen LogP contribution in [-0.2, 0) is 7.05 Å². The smallest absolute Gasteiger partial charge is 0.258 e. The number of piperazine rings is 1. The van der Waals surface area contributed by atoms with Crippen LogP contribution in [0.3, 0.4) is 0 Å². The number of aryl methyl sites for hydroxylation is 2. The van der Waals surface area contributed by atoms with Gasteiger partial charge in [-0.25, -0.2) is 0 Å². The van der Waals surface area contributed by atoms with Crippen molar-refractivity contribution in [1.29, 1.82) is 0 Å². The van der Waals surface area contributed by atoms with Crippen LogP contribution in [0.15, 0.2) is 36.8 Å². The minimum absolute atomic E-state index is 0.00496. The number of nitrogens with zero attached hydrogens (tertiary/aromatic N) is 5. The lowest BCUT2D eigenvalue weighted by Crippen LogP contribution is -2.54. The molecule has 0 aliphatic carbocycles. The molecule has 0 spiro atoms. The van der Waals surface area contributed by atoms with Crippen molar-refractivity contribution in [2.45, 2.75) is 32.9 Å². The third-order valence-electron chi connectivity index (χ3n) is 6.12. The molecule has 1 aliphatic heterocycles. The number of fused-ring (bicyclic) bond motifs is 2. The normalized spacial score (nSPS) is 18.7. The number of phenols is 1. The Labute approximate surface area is 191 Å². The molecule has 2 aromatic carbocycles. The van der Waals surface area contributed by atoms with Gasteiger partial charge in [-0.2, -0.15) is 5.10 Å². The van der Waals surface area contributed by atoms with Crippen LogP contribution in [0, 0.1) is 6.92 Å². The molecule has 0 radical (unpaired) electrons. The zero-order chi connectivity index (χ0) is 23.3. The first-order valence-corrected chi connectivity index (χ1v) is 11.0. The zero-order valence-corrected chi connectivity index (χ0v) is 19.1. The molecule has 170 valence electrons. The Hall–Kier alpha value is -3.72. The number of phenolic OH excluding ortho intramolecular Hbond substituents is 1. The summed E-state index contributed by atoms with van der Waals surface area (Å²) in [6, 6.07) is 6.14. The first-order valence-electron chi connectivity index (χ1n) is 11.0. The molecule has 1 saturated heterocycles. The predicted octanol–water partition coefficient (Wildman–Crippen LogP) is 2.97. The zero-order valence-electron chi connectivity index (χ0n) is 19.1. The first kappa shape index (κ1) is 21.1. The van der Waals surface area contributed by atoms with E-state index in [1.54, 1.807) is 36.1 Å². The number of carbonyl (C=O) groups excluding carboxylic acids is 1. The summed E-state index contributed by atoms with van der Waals surface area (Å²) in [7, 11) is 1.82. The standard InChI is InChI=1S/C24H27N7O2/c1-13-10-31(11-14(2)27-13)19-6-5-17(21-22(19)26-8-7-25-21)24(33)28-18-9-16-12-30(4)29-20(16)15(3)23(18)32/h5-9,12-14,27,32H,10-11H2,1-4H3,(H,28,33). The van der Waals surface area contributed by atoms with Crippen molar-refractivity contribution in [1.82, 2.24) is 25.1 Å². The quantitative estimate of drug-likeness (QED) is 0.416. The highest BCUT2D eigenvalue weighted by Crippen LogP contribution is 2.35. The Morgan fingerprint density at radius 1 is 1.12 bits per heavy atom. The molecule has 9 heteroatoms. The number of hydrogen-bond acceptors (Lipinski definition) is 7. The number of aromatic hydroxyl groups is 1. The second-order valence-electron chi connectivity index (χ2n) is 8.85.